The van der Waals surface area contributed by atoms with Crippen LogP contribution in [0.15, 0.2) is 51.8 Å². The van der Waals surface area contributed by atoms with Crippen LogP contribution in [0.3, 0.4) is 0 Å². The summed E-state index contributed by atoms with van der Waals surface area (Å²) in [4.78, 5) is 0.262. The number of benzene rings is 2. The largest absolute Gasteiger partial charge is 0.493 e. The van der Waals surface area contributed by atoms with Gasteiger partial charge in [0.05, 0.1) is 11.5 Å². The van der Waals surface area contributed by atoms with Crippen LogP contribution in [-0.4, -0.2) is 15.0 Å². The van der Waals surface area contributed by atoms with Crippen LogP contribution in [-0.2, 0) is 23.0 Å². The highest BCUT2D eigenvalue weighted by molar-refractivity contribution is 9.10. The van der Waals surface area contributed by atoms with Crippen molar-refractivity contribution in [3.8, 4) is 5.75 Å². The van der Waals surface area contributed by atoms with Gasteiger partial charge in [0.25, 0.3) is 0 Å². The van der Waals surface area contributed by atoms with E-state index in [9.17, 15) is 8.42 Å². The molecule has 2 aromatic rings. The summed E-state index contributed by atoms with van der Waals surface area (Å²) in [5.74, 6) is 0.800. The number of sulfonamides is 1. The molecule has 0 radical (unpaired) electrons. The summed E-state index contributed by atoms with van der Waals surface area (Å²) in [6.45, 7) is 0.850. The lowest BCUT2D eigenvalue weighted by molar-refractivity contribution is 0.353. The SMILES string of the molecule is O=S(=O)(NCc1cc(Br)cc2c1OCC2)c1ccccc1. The first-order valence-electron chi connectivity index (χ1n) is 6.55. The Hall–Kier alpha value is -1.37. The molecule has 0 aromatic heterocycles. The quantitative estimate of drug-likeness (QED) is 0.903. The molecule has 1 aliphatic rings. The molecular weight excluding hydrogens is 354 g/mol. The van der Waals surface area contributed by atoms with E-state index in [1.807, 2.05) is 12.1 Å². The number of hydrogen-bond acceptors (Lipinski definition) is 3. The lowest BCUT2D eigenvalue weighted by Crippen LogP contribution is -2.23. The van der Waals surface area contributed by atoms with Crippen LogP contribution in [0.25, 0.3) is 0 Å². The van der Waals surface area contributed by atoms with Crippen molar-refractivity contribution in [2.45, 2.75) is 17.9 Å². The van der Waals surface area contributed by atoms with E-state index in [-0.39, 0.29) is 11.4 Å². The molecule has 0 unspecified atom stereocenters. The van der Waals surface area contributed by atoms with Gasteiger partial charge in [-0.3, -0.25) is 0 Å². The summed E-state index contributed by atoms with van der Waals surface area (Å²) in [7, 11) is -3.51. The van der Waals surface area contributed by atoms with Crippen LogP contribution < -0.4 is 9.46 Å². The zero-order valence-electron chi connectivity index (χ0n) is 11.2. The molecule has 1 aliphatic heterocycles. The summed E-state index contributed by atoms with van der Waals surface area (Å²) in [6.07, 6.45) is 0.854. The molecule has 1 N–H and O–H groups in total. The highest BCUT2D eigenvalue weighted by Crippen LogP contribution is 2.33. The number of fused-ring (bicyclic) bond motifs is 1. The normalized spacial score (nSPS) is 13.8. The van der Waals surface area contributed by atoms with E-state index in [2.05, 4.69) is 20.7 Å². The topological polar surface area (TPSA) is 55.4 Å². The summed E-state index contributed by atoms with van der Waals surface area (Å²) >= 11 is 3.45. The summed E-state index contributed by atoms with van der Waals surface area (Å²) < 4.78 is 33.6. The van der Waals surface area contributed by atoms with E-state index >= 15 is 0 Å². The van der Waals surface area contributed by atoms with Crippen molar-refractivity contribution in [2.24, 2.45) is 0 Å². The van der Waals surface area contributed by atoms with Crippen LogP contribution >= 0.6 is 15.9 Å². The number of hydrogen-bond donors (Lipinski definition) is 1. The molecule has 0 saturated heterocycles. The molecule has 0 aliphatic carbocycles. The molecule has 2 aromatic carbocycles. The van der Waals surface area contributed by atoms with Gasteiger partial charge < -0.3 is 4.74 Å². The second kappa shape index (κ2) is 5.79. The second-order valence-electron chi connectivity index (χ2n) is 4.79. The zero-order valence-corrected chi connectivity index (χ0v) is 13.6. The Bertz CT molecular complexity index is 760. The van der Waals surface area contributed by atoms with E-state index in [1.165, 1.54) is 0 Å². The van der Waals surface area contributed by atoms with Gasteiger partial charge in [0.15, 0.2) is 0 Å². The molecule has 6 heteroatoms. The smallest absolute Gasteiger partial charge is 0.240 e. The van der Waals surface area contributed by atoms with Crippen molar-refractivity contribution in [3.05, 3.63) is 58.1 Å². The van der Waals surface area contributed by atoms with Crippen molar-refractivity contribution < 1.29 is 13.2 Å². The van der Waals surface area contributed by atoms with Crippen LogP contribution in [0.2, 0.25) is 0 Å². The summed E-state index contributed by atoms with van der Waals surface area (Å²) in [5, 5.41) is 0. The van der Waals surface area contributed by atoms with Crippen LogP contribution in [0.5, 0.6) is 5.75 Å². The minimum atomic E-state index is -3.51. The van der Waals surface area contributed by atoms with Crippen LogP contribution in [0, 0.1) is 0 Å². The highest BCUT2D eigenvalue weighted by atomic mass is 79.9. The maximum absolute atomic E-state index is 12.2. The summed E-state index contributed by atoms with van der Waals surface area (Å²) in [6, 6.07) is 12.2. The van der Waals surface area contributed by atoms with Crippen LogP contribution in [0.1, 0.15) is 11.1 Å². The zero-order chi connectivity index (χ0) is 14.9. The molecule has 0 saturated carbocycles. The van der Waals surface area contributed by atoms with Gasteiger partial charge in [0.2, 0.25) is 10.0 Å². The average Bonchev–Trinajstić information content (AvgIpc) is 2.94. The first-order valence-corrected chi connectivity index (χ1v) is 8.83. The molecule has 21 heavy (non-hydrogen) atoms. The molecule has 0 atom stereocenters. The van der Waals surface area contributed by atoms with Gasteiger partial charge in [0, 0.05) is 23.0 Å². The van der Waals surface area contributed by atoms with E-state index in [0.29, 0.717) is 6.61 Å². The molecule has 4 nitrogen and oxygen atoms in total. The molecule has 0 spiro atoms. The minimum absolute atomic E-state index is 0.207. The van der Waals surface area contributed by atoms with Gasteiger partial charge in [0.1, 0.15) is 5.75 Å². The number of nitrogens with one attached hydrogen (secondary N) is 1. The van der Waals surface area contributed by atoms with Gasteiger partial charge >= 0.3 is 0 Å². The lowest BCUT2D eigenvalue weighted by atomic mass is 10.1. The average molecular weight is 368 g/mol. The van der Waals surface area contributed by atoms with E-state index in [4.69, 9.17) is 4.74 Å². The number of ether oxygens (including phenoxy) is 1. The van der Waals surface area contributed by atoms with Crippen molar-refractivity contribution >= 4 is 26.0 Å². The first-order chi connectivity index (χ1) is 10.1. The van der Waals surface area contributed by atoms with Gasteiger partial charge in [-0.25, -0.2) is 13.1 Å². The second-order valence-corrected chi connectivity index (χ2v) is 7.47. The lowest BCUT2D eigenvalue weighted by Gasteiger charge is -2.11. The van der Waals surface area contributed by atoms with Gasteiger partial charge in [-0.2, -0.15) is 0 Å². The molecule has 3 rings (SSSR count). The van der Waals surface area contributed by atoms with Gasteiger partial charge in [-0.15, -0.1) is 0 Å². The Kier molecular flexibility index (Phi) is 4.01. The monoisotopic (exact) mass is 367 g/mol. The van der Waals surface area contributed by atoms with Gasteiger partial charge in [-0.05, 0) is 29.8 Å². The van der Waals surface area contributed by atoms with Gasteiger partial charge in [-0.1, -0.05) is 34.1 Å². The summed E-state index contributed by atoms with van der Waals surface area (Å²) in [5.41, 5.74) is 1.95. The molecule has 0 fully saturated rings. The third kappa shape index (κ3) is 3.12. The third-order valence-corrected chi connectivity index (χ3v) is 5.21. The fraction of sp³-hybridized carbons (Fsp3) is 0.200. The Morgan fingerprint density at radius 1 is 1.19 bits per heavy atom. The molecular formula is C15H14BrNO3S. The highest BCUT2D eigenvalue weighted by Gasteiger charge is 2.19. The van der Waals surface area contributed by atoms with Crippen LogP contribution in [0.4, 0.5) is 0 Å². The predicted octanol–water partition coefficient (Wildman–Crippen LogP) is 2.86. The maximum atomic E-state index is 12.2. The Labute approximate surface area is 132 Å². The standard InChI is InChI=1S/C15H14BrNO3S/c16-13-8-11-6-7-20-15(11)12(9-13)10-17-21(18,19)14-4-2-1-3-5-14/h1-5,8-9,17H,6-7,10H2. The number of rotatable bonds is 4. The predicted molar refractivity (Wildman–Crippen MR) is 83.8 cm³/mol. The number of halogens is 1. The fourth-order valence-corrected chi connectivity index (χ4v) is 3.91. The molecule has 0 amide bonds. The third-order valence-electron chi connectivity index (χ3n) is 3.33. The fourth-order valence-electron chi connectivity index (χ4n) is 2.33. The van der Waals surface area contributed by atoms with E-state index in [1.54, 1.807) is 30.3 Å². The molecule has 110 valence electrons. The van der Waals surface area contributed by atoms with Crippen molar-refractivity contribution in [2.75, 3.05) is 6.61 Å². The Morgan fingerprint density at radius 3 is 2.71 bits per heavy atom. The molecule has 1 heterocycles. The van der Waals surface area contributed by atoms with Crippen molar-refractivity contribution in [1.29, 1.82) is 0 Å². The minimum Gasteiger partial charge on any atom is -0.493 e. The van der Waals surface area contributed by atoms with E-state index < -0.39 is 10.0 Å². The Balaban J connectivity index is 1.83. The van der Waals surface area contributed by atoms with E-state index in [0.717, 1.165) is 27.8 Å². The van der Waals surface area contributed by atoms with Crippen molar-refractivity contribution in [1.82, 2.24) is 4.72 Å². The van der Waals surface area contributed by atoms with Crippen molar-refractivity contribution in [3.63, 3.8) is 0 Å². The first kappa shape index (κ1) is 14.6. The molecule has 0 bridgehead atoms. The maximum Gasteiger partial charge on any atom is 0.240 e. The Morgan fingerprint density at radius 2 is 1.95 bits per heavy atom.